The average Bonchev–Trinajstić information content (AvgIpc) is 3.50. The quantitative estimate of drug-likeness (QED) is 0.391. The fourth-order valence-corrected chi connectivity index (χ4v) is 6.59. The normalized spacial score (nSPS) is 16.1. The molecule has 1 aliphatic heterocycles. The zero-order chi connectivity index (χ0) is 24.3. The summed E-state index contributed by atoms with van der Waals surface area (Å²) in [5.41, 5.74) is 1.76. The minimum atomic E-state index is -3.51. The molecule has 0 N–H and O–H groups in total. The highest BCUT2D eigenvalue weighted by Crippen LogP contribution is 2.36. The summed E-state index contributed by atoms with van der Waals surface area (Å²) in [6.45, 7) is 3.02. The van der Waals surface area contributed by atoms with Crippen LogP contribution < -0.4 is 9.64 Å². The van der Waals surface area contributed by atoms with Crippen LogP contribution in [0.2, 0.25) is 5.02 Å². The SMILES string of the molecule is COc1ccc(S(=O)(=O)CCCC(=O)N(CC2CCCO2)c2nc3c(C)ccc(Cl)c3s2)cc1. The third-order valence-corrected chi connectivity index (χ3v) is 9.21. The summed E-state index contributed by atoms with van der Waals surface area (Å²) in [7, 11) is -1.98. The number of benzene rings is 2. The summed E-state index contributed by atoms with van der Waals surface area (Å²) >= 11 is 7.75. The van der Waals surface area contributed by atoms with Crippen molar-refractivity contribution in [2.24, 2.45) is 0 Å². The molecule has 2 heterocycles. The van der Waals surface area contributed by atoms with Gasteiger partial charge in [-0.2, -0.15) is 0 Å². The van der Waals surface area contributed by atoms with Crippen LogP contribution >= 0.6 is 22.9 Å². The standard InChI is InChI=1S/C24H27ClN2O5S2/c1-16-7-12-20(25)23-22(16)26-24(33-23)27(15-18-5-3-13-32-18)21(28)6-4-14-34(29,30)19-10-8-17(31-2)9-11-19/h7-12,18H,3-6,13-15H2,1-2H3. The van der Waals surface area contributed by atoms with Gasteiger partial charge in [-0.15, -0.1) is 0 Å². The number of nitrogens with zero attached hydrogens (tertiary/aromatic N) is 2. The van der Waals surface area contributed by atoms with Crippen molar-refractivity contribution < 1.29 is 22.7 Å². The Balaban J connectivity index is 1.49. The number of halogens is 1. The van der Waals surface area contributed by atoms with E-state index in [1.165, 1.54) is 30.6 Å². The van der Waals surface area contributed by atoms with E-state index in [9.17, 15) is 13.2 Å². The van der Waals surface area contributed by atoms with Crippen LogP contribution in [0.1, 0.15) is 31.2 Å². The van der Waals surface area contributed by atoms with E-state index < -0.39 is 9.84 Å². The van der Waals surface area contributed by atoms with Gasteiger partial charge < -0.3 is 9.47 Å². The fourth-order valence-electron chi connectivity index (χ4n) is 3.93. The molecule has 0 spiro atoms. The molecule has 1 aliphatic rings. The van der Waals surface area contributed by atoms with E-state index in [0.717, 1.165) is 28.6 Å². The summed E-state index contributed by atoms with van der Waals surface area (Å²) in [5.74, 6) is 0.294. The number of carbonyl (C=O) groups is 1. The number of carbonyl (C=O) groups excluding carboxylic acids is 1. The molecule has 1 unspecified atom stereocenters. The maximum atomic E-state index is 13.3. The fraction of sp³-hybridized carbons (Fsp3) is 0.417. The Labute approximate surface area is 208 Å². The summed E-state index contributed by atoms with van der Waals surface area (Å²) in [6, 6.07) is 10.0. The van der Waals surface area contributed by atoms with Gasteiger partial charge in [0.1, 0.15) is 5.75 Å². The van der Waals surface area contributed by atoms with Gasteiger partial charge in [-0.25, -0.2) is 13.4 Å². The molecule has 0 saturated carbocycles. The summed E-state index contributed by atoms with van der Waals surface area (Å²) < 4.78 is 37.1. The van der Waals surface area contributed by atoms with Gasteiger partial charge in [0.2, 0.25) is 5.91 Å². The first-order valence-corrected chi connectivity index (χ1v) is 14.0. The maximum Gasteiger partial charge on any atom is 0.228 e. The molecule has 1 fully saturated rings. The van der Waals surface area contributed by atoms with Crippen LogP contribution in [-0.4, -0.2) is 51.4 Å². The number of aromatic nitrogens is 1. The number of hydrogen-bond donors (Lipinski definition) is 0. The van der Waals surface area contributed by atoms with E-state index >= 15 is 0 Å². The molecular formula is C24H27ClN2O5S2. The lowest BCUT2D eigenvalue weighted by atomic mass is 10.2. The van der Waals surface area contributed by atoms with Crippen LogP contribution in [0, 0.1) is 6.92 Å². The number of fused-ring (bicyclic) bond motifs is 1. The Hall–Kier alpha value is -2.20. The van der Waals surface area contributed by atoms with Crippen molar-refractivity contribution in [3.63, 3.8) is 0 Å². The second-order valence-corrected chi connectivity index (χ2v) is 11.8. The topological polar surface area (TPSA) is 85.8 Å². The van der Waals surface area contributed by atoms with Gasteiger partial charge in [-0.1, -0.05) is 29.0 Å². The molecule has 34 heavy (non-hydrogen) atoms. The highest BCUT2D eigenvalue weighted by atomic mass is 35.5. The molecule has 3 aromatic rings. The monoisotopic (exact) mass is 522 g/mol. The van der Waals surface area contributed by atoms with Crippen LogP contribution in [-0.2, 0) is 19.4 Å². The first-order valence-electron chi connectivity index (χ1n) is 11.1. The second-order valence-electron chi connectivity index (χ2n) is 8.28. The summed E-state index contributed by atoms with van der Waals surface area (Å²) in [4.78, 5) is 19.8. The van der Waals surface area contributed by atoms with Gasteiger partial charge in [0.15, 0.2) is 15.0 Å². The molecule has 4 rings (SSSR count). The minimum Gasteiger partial charge on any atom is -0.497 e. The maximum absolute atomic E-state index is 13.3. The molecule has 10 heteroatoms. The highest BCUT2D eigenvalue weighted by molar-refractivity contribution is 7.91. The molecule has 0 bridgehead atoms. The van der Waals surface area contributed by atoms with Gasteiger partial charge in [0, 0.05) is 13.0 Å². The molecule has 1 atom stereocenters. The summed E-state index contributed by atoms with van der Waals surface area (Å²) in [6.07, 6.45) is 2.07. The summed E-state index contributed by atoms with van der Waals surface area (Å²) in [5, 5.41) is 1.16. The van der Waals surface area contributed by atoms with Crippen LogP contribution in [0.25, 0.3) is 10.2 Å². The Morgan fingerprint density at radius 3 is 2.68 bits per heavy atom. The van der Waals surface area contributed by atoms with Crippen LogP contribution in [0.15, 0.2) is 41.3 Å². The number of thiazole rings is 1. The molecule has 7 nitrogen and oxygen atoms in total. The van der Waals surface area contributed by atoms with Crippen molar-refractivity contribution in [3.05, 3.63) is 47.0 Å². The van der Waals surface area contributed by atoms with Gasteiger partial charge in [0.25, 0.3) is 0 Å². The molecular weight excluding hydrogens is 496 g/mol. The third kappa shape index (κ3) is 5.54. The first-order chi connectivity index (χ1) is 16.3. The first kappa shape index (κ1) is 24.9. The molecule has 1 saturated heterocycles. The number of amides is 1. The largest absolute Gasteiger partial charge is 0.497 e. The Morgan fingerprint density at radius 1 is 1.26 bits per heavy atom. The van der Waals surface area contributed by atoms with Gasteiger partial charge in [-0.05, 0) is 62.1 Å². The zero-order valence-electron chi connectivity index (χ0n) is 19.1. The number of rotatable bonds is 9. The number of methoxy groups -OCH3 is 1. The van der Waals surface area contributed by atoms with E-state index in [-0.39, 0.29) is 35.5 Å². The lowest BCUT2D eigenvalue weighted by Gasteiger charge is -2.23. The van der Waals surface area contributed by atoms with Crippen molar-refractivity contribution in [1.82, 2.24) is 4.98 Å². The van der Waals surface area contributed by atoms with Crippen molar-refractivity contribution in [1.29, 1.82) is 0 Å². The Morgan fingerprint density at radius 2 is 2.03 bits per heavy atom. The van der Waals surface area contributed by atoms with Crippen molar-refractivity contribution in [2.75, 3.05) is 30.9 Å². The van der Waals surface area contributed by atoms with Crippen molar-refractivity contribution in [2.45, 2.75) is 43.6 Å². The van der Waals surface area contributed by atoms with E-state index in [0.29, 0.717) is 29.1 Å². The van der Waals surface area contributed by atoms with Gasteiger partial charge in [-0.3, -0.25) is 9.69 Å². The predicted octanol–water partition coefficient (Wildman–Crippen LogP) is 5.03. The second kappa shape index (κ2) is 10.6. The molecule has 1 aromatic heterocycles. The Kier molecular flexibility index (Phi) is 7.77. The lowest BCUT2D eigenvalue weighted by Crippen LogP contribution is -2.37. The third-order valence-electron chi connectivity index (χ3n) is 5.85. The highest BCUT2D eigenvalue weighted by Gasteiger charge is 2.27. The molecule has 0 aliphatic carbocycles. The number of ether oxygens (including phenoxy) is 2. The van der Waals surface area contributed by atoms with E-state index in [4.69, 9.17) is 26.1 Å². The van der Waals surface area contributed by atoms with E-state index in [1.54, 1.807) is 17.0 Å². The van der Waals surface area contributed by atoms with Gasteiger partial charge >= 0.3 is 0 Å². The Bertz CT molecular complexity index is 1230. The number of anilines is 1. The van der Waals surface area contributed by atoms with E-state index in [2.05, 4.69) is 0 Å². The molecule has 1 amide bonds. The van der Waals surface area contributed by atoms with Crippen molar-refractivity contribution >= 4 is 54.0 Å². The zero-order valence-corrected chi connectivity index (χ0v) is 21.5. The predicted molar refractivity (Wildman–Crippen MR) is 135 cm³/mol. The minimum absolute atomic E-state index is 0.0597. The number of aryl methyl sites for hydroxylation is 1. The smallest absolute Gasteiger partial charge is 0.228 e. The number of sulfone groups is 1. The van der Waals surface area contributed by atoms with Gasteiger partial charge in [0.05, 0.1) is 45.6 Å². The average molecular weight is 523 g/mol. The lowest BCUT2D eigenvalue weighted by molar-refractivity contribution is -0.119. The van der Waals surface area contributed by atoms with Crippen molar-refractivity contribution in [3.8, 4) is 5.75 Å². The molecule has 2 aromatic carbocycles. The number of hydrogen-bond acceptors (Lipinski definition) is 7. The van der Waals surface area contributed by atoms with E-state index in [1.807, 2.05) is 19.1 Å². The molecule has 182 valence electrons. The van der Waals surface area contributed by atoms with Crippen LogP contribution in [0.4, 0.5) is 5.13 Å². The van der Waals surface area contributed by atoms with Crippen LogP contribution in [0.5, 0.6) is 5.75 Å². The van der Waals surface area contributed by atoms with Crippen LogP contribution in [0.3, 0.4) is 0 Å². The molecule has 0 radical (unpaired) electrons.